The minimum Gasteiger partial charge on any atom is -0.456 e. The van der Waals surface area contributed by atoms with Crippen molar-refractivity contribution in [2.24, 2.45) is 0 Å². The van der Waals surface area contributed by atoms with Crippen LogP contribution in [0, 0.1) is 0 Å². The molecule has 0 aliphatic rings. The van der Waals surface area contributed by atoms with Gasteiger partial charge in [-0.1, -0.05) is 0 Å². The normalized spacial score (nSPS) is 12.1. The SMILES string of the molecule is CC[NH+](CI)CCOC(=O)c1ccc(N)cc1. The lowest BCUT2D eigenvalue weighted by atomic mass is 10.2. The Morgan fingerprint density at radius 1 is 1.41 bits per heavy atom. The van der Waals surface area contributed by atoms with Crippen LogP contribution in [0.4, 0.5) is 5.69 Å². The average molecular weight is 349 g/mol. The van der Waals surface area contributed by atoms with E-state index in [1.807, 2.05) is 0 Å². The van der Waals surface area contributed by atoms with Crippen LogP contribution < -0.4 is 10.6 Å². The van der Waals surface area contributed by atoms with E-state index in [0.717, 1.165) is 17.6 Å². The average Bonchev–Trinajstić information content (AvgIpc) is 2.35. The van der Waals surface area contributed by atoms with Crippen LogP contribution in [0.15, 0.2) is 24.3 Å². The first-order chi connectivity index (χ1) is 8.17. The third kappa shape index (κ3) is 4.91. The Bertz CT molecular complexity index is 350. The second-order valence-electron chi connectivity index (χ2n) is 3.75. The number of anilines is 1. The Morgan fingerprint density at radius 2 is 2.06 bits per heavy atom. The molecule has 1 aromatic carbocycles. The van der Waals surface area contributed by atoms with Crippen molar-refractivity contribution < 1.29 is 14.4 Å². The summed E-state index contributed by atoms with van der Waals surface area (Å²) in [4.78, 5) is 13.1. The van der Waals surface area contributed by atoms with Crippen LogP contribution in [0.3, 0.4) is 0 Å². The van der Waals surface area contributed by atoms with Crippen LogP contribution in [-0.2, 0) is 4.74 Å². The number of alkyl halides is 1. The van der Waals surface area contributed by atoms with Crippen molar-refractivity contribution >= 4 is 34.2 Å². The third-order valence-electron chi connectivity index (χ3n) is 2.52. The van der Waals surface area contributed by atoms with Crippen molar-refractivity contribution in [3.8, 4) is 0 Å². The molecule has 0 bridgehead atoms. The minimum atomic E-state index is -0.283. The van der Waals surface area contributed by atoms with Crippen LogP contribution in [0.2, 0.25) is 0 Å². The molecular weight excluding hydrogens is 331 g/mol. The largest absolute Gasteiger partial charge is 0.456 e. The fourth-order valence-electron chi connectivity index (χ4n) is 1.33. The van der Waals surface area contributed by atoms with E-state index >= 15 is 0 Å². The summed E-state index contributed by atoms with van der Waals surface area (Å²) in [6.45, 7) is 4.47. The van der Waals surface area contributed by atoms with Crippen molar-refractivity contribution in [1.29, 1.82) is 0 Å². The van der Waals surface area contributed by atoms with Gasteiger partial charge in [-0.25, -0.2) is 4.79 Å². The maximum absolute atomic E-state index is 11.6. The van der Waals surface area contributed by atoms with E-state index in [4.69, 9.17) is 10.5 Å². The van der Waals surface area contributed by atoms with Crippen molar-refractivity contribution in [3.05, 3.63) is 29.8 Å². The lowest BCUT2D eigenvalue weighted by Gasteiger charge is -2.14. The number of nitrogen functional groups attached to an aromatic ring is 1. The topological polar surface area (TPSA) is 56.8 Å². The molecule has 1 aromatic rings. The van der Waals surface area contributed by atoms with Crippen molar-refractivity contribution in [1.82, 2.24) is 0 Å². The molecule has 1 unspecified atom stereocenters. The Labute approximate surface area is 115 Å². The minimum absolute atomic E-state index is 0.283. The number of quaternary nitrogens is 1. The number of nitrogens with two attached hydrogens (primary N) is 1. The number of ether oxygens (including phenoxy) is 1. The number of carbonyl (C=O) groups excluding carboxylic acids is 1. The van der Waals surface area contributed by atoms with Gasteiger partial charge in [-0.15, -0.1) is 0 Å². The molecule has 1 atom stereocenters. The molecule has 1 rings (SSSR count). The first-order valence-corrected chi connectivity index (χ1v) is 7.12. The van der Waals surface area contributed by atoms with Gasteiger partial charge in [0, 0.05) is 5.69 Å². The maximum Gasteiger partial charge on any atom is 0.338 e. The van der Waals surface area contributed by atoms with Gasteiger partial charge in [0.25, 0.3) is 0 Å². The standard InChI is InChI=1S/C12H17IN2O2/c1-2-15(9-13)7-8-17-12(16)10-3-5-11(14)6-4-10/h3-6H,2,7-9,14H2,1H3/p+1. The zero-order valence-electron chi connectivity index (χ0n) is 9.91. The van der Waals surface area contributed by atoms with E-state index in [9.17, 15) is 4.79 Å². The molecule has 17 heavy (non-hydrogen) atoms. The number of rotatable bonds is 6. The Morgan fingerprint density at radius 3 is 2.59 bits per heavy atom. The molecule has 0 spiro atoms. The number of hydrogen-bond donors (Lipinski definition) is 2. The molecule has 3 N–H and O–H groups in total. The third-order valence-corrected chi connectivity index (χ3v) is 3.60. The zero-order chi connectivity index (χ0) is 12.7. The highest BCUT2D eigenvalue weighted by Crippen LogP contribution is 2.06. The number of hydrogen-bond acceptors (Lipinski definition) is 3. The molecule has 0 aliphatic heterocycles. The summed E-state index contributed by atoms with van der Waals surface area (Å²) in [5.41, 5.74) is 6.74. The summed E-state index contributed by atoms with van der Waals surface area (Å²) < 4.78 is 6.22. The van der Waals surface area contributed by atoms with Gasteiger partial charge in [-0.3, -0.25) is 0 Å². The smallest absolute Gasteiger partial charge is 0.338 e. The highest BCUT2D eigenvalue weighted by atomic mass is 127. The molecule has 0 radical (unpaired) electrons. The first kappa shape index (κ1) is 14.2. The molecule has 0 saturated heterocycles. The molecule has 5 heteroatoms. The molecule has 94 valence electrons. The van der Waals surface area contributed by atoms with E-state index < -0.39 is 0 Å². The van der Waals surface area contributed by atoms with Crippen molar-refractivity contribution in [3.63, 3.8) is 0 Å². The molecule has 4 nitrogen and oxygen atoms in total. The number of carbonyl (C=O) groups is 1. The van der Waals surface area contributed by atoms with Crippen LogP contribution in [0.25, 0.3) is 0 Å². The first-order valence-electron chi connectivity index (χ1n) is 5.59. The quantitative estimate of drug-likeness (QED) is 0.262. The van der Waals surface area contributed by atoms with Gasteiger partial charge >= 0.3 is 5.97 Å². The summed E-state index contributed by atoms with van der Waals surface area (Å²) in [5.74, 6) is -0.283. The molecule has 0 fully saturated rings. The molecule has 0 heterocycles. The van der Waals surface area contributed by atoms with Crippen LogP contribution in [0.1, 0.15) is 17.3 Å². The van der Waals surface area contributed by atoms with E-state index in [1.54, 1.807) is 24.3 Å². The number of esters is 1. The van der Waals surface area contributed by atoms with Gasteiger partial charge in [0.1, 0.15) is 17.7 Å². The van der Waals surface area contributed by atoms with Crippen LogP contribution in [0.5, 0.6) is 0 Å². The van der Waals surface area contributed by atoms with Gasteiger partial charge in [-0.2, -0.15) is 0 Å². The molecule has 0 aliphatic carbocycles. The summed E-state index contributed by atoms with van der Waals surface area (Å²) >= 11 is 2.33. The summed E-state index contributed by atoms with van der Waals surface area (Å²) in [5, 5.41) is 0. The predicted octanol–water partition coefficient (Wildman–Crippen LogP) is 0.723. The second-order valence-corrected chi connectivity index (χ2v) is 4.51. The van der Waals surface area contributed by atoms with Crippen molar-refractivity contribution in [2.75, 3.05) is 30.0 Å². The van der Waals surface area contributed by atoms with Gasteiger partial charge in [0.2, 0.25) is 0 Å². The highest BCUT2D eigenvalue weighted by Gasteiger charge is 2.08. The molecule has 0 saturated carbocycles. The van der Waals surface area contributed by atoms with Gasteiger partial charge < -0.3 is 15.4 Å². The highest BCUT2D eigenvalue weighted by molar-refractivity contribution is 14.1. The Kier molecular flexibility index (Phi) is 6.28. The zero-order valence-corrected chi connectivity index (χ0v) is 12.1. The molecule has 0 aromatic heterocycles. The van der Waals surface area contributed by atoms with E-state index in [-0.39, 0.29) is 5.97 Å². The Hall–Kier alpha value is -0.820. The van der Waals surface area contributed by atoms with Crippen LogP contribution >= 0.6 is 22.6 Å². The molecular formula is C12H18IN2O2+. The van der Waals surface area contributed by atoms with E-state index in [2.05, 4.69) is 29.5 Å². The fourth-order valence-corrected chi connectivity index (χ4v) is 2.25. The summed E-state index contributed by atoms with van der Waals surface area (Å²) in [6.07, 6.45) is 0. The van der Waals surface area contributed by atoms with E-state index in [0.29, 0.717) is 17.9 Å². The molecule has 0 amide bonds. The fraction of sp³-hybridized carbons (Fsp3) is 0.417. The maximum atomic E-state index is 11.6. The second kappa shape index (κ2) is 7.50. The van der Waals surface area contributed by atoms with E-state index in [1.165, 1.54) is 4.90 Å². The van der Waals surface area contributed by atoms with Gasteiger partial charge in [0.05, 0.1) is 12.1 Å². The van der Waals surface area contributed by atoms with Gasteiger partial charge in [0.15, 0.2) is 0 Å². The predicted molar refractivity (Wildman–Crippen MR) is 76.4 cm³/mol. The monoisotopic (exact) mass is 349 g/mol. The Balaban J connectivity index is 2.37. The number of halogens is 1. The number of nitrogens with one attached hydrogen (secondary N) is 1. The number of likely N-dealkylation sites (N-methyl/N-ethyl adjacent to an activating group) is 1. The van der Waals surface area contributed by atoms with Crippen LogP contribution in [-0.4, -0.2) is 30.2 Å². The van der Waals surface area contributed by atoms with Gasteiger partial charge in [-0.05, 0) is 53.8 Å². The summed E-state index contributed by atoms with van der Waals surface area (Å²) in [7, 11) is 0. The van der Waals surface area contributed by atoms with Crippen molar-refractivity contribution in [2.45, 2.75) is 6.92 Å². The lowest BCUT2D eigenvalue weighted by Crippen LogP contribution is -3.11. The lowest BCUT2D eigenvalue weighted by molar-refractivity contribution is -0.881. The summed E-state index contributed by atoms with van der Waals surface area (Å²) in [6, 6.07) is 6.76. The number of benzene rings is 1.